The van der Waals surface area contributed by atoms with Crippen molar-refractivity contribution in [3.63, 3.8) is 0 Å². The Hall–Kier alpha value is -1.32. The molecular weight excluding hydrogens is 202 g/mol. The second kappa shape index (κ2) is 7.04. The van der Waals surface area contributed by atoms with E-state index in [1.54, 1.807) is 6.33 Å². The third kappa shape index (κ3) is 3.68. The van der Waals surface area contributed by atoms with E-state index >= 15 is 0 Å². The molecule has 90 valence electrons. The van der Waals surface area contributed by atoms with Gasteiger partial charge >= 0.3 is 0 Å². The van der Waals surface area contributed by atoms with Crippen molar-refractivity contribution in [1.82, 2.24) is 9.97 Å². The number of hydrogen-bond acceptors (Lipinski definition) is 4. The van der Waals surface area contributed by atoms with Gasteiger partial charge in [0, 0.05) is 6.54 Å². The average Bonchev–Trinajstić information content (AvgIpc) is 2.29. The van der Waals surface area contributed by atoms with Crippen LogP contribution in [0.1, 0.15) is 38.7 Å². The van der Waals surface area contributed by atoms with Gasteiger partial charge in [-0.05, 0) is 20.3 Å². The van der Waals surface area contributed by atoms with E-state index in [0.717, 1.165) is 31.0 Å². The summed E-state index contributed by atoms with van der Waals surface area (Å²) in [5.41, 5.74) is 0.987. The van der Waals surface area contributed by atoms with E-state index in [0.29, 0.717) is 5.88 Å². The molecule has 1 aromatic rings. The van der Waals surface area contributed by atoms with Gasteiger partial charge < -0.3 is 10.1 Å². The fourth-order valence-corrected chi connectivity index (χ4v) is 1.45. The summed E-state index contributed by atoms with van der Waals surface area (Å²) in [4.78, 5) is 8.32. The van der Waals surface area contributed by atoms with Crippen LogP contribution in [-0.2, 0) is 0 Å². The Morgan fingerprint density at radius 2 is 2.06 bits per heavy atom. The van der Waals surface area contributed by atoms with Crippen LogP contribution in [0.2, 0.25) is 0 Å². The Bertz CT molecular complexity index is 315. The molecule has 1 N–H and O–H groups in total. The minimum Gasteiger partial charge on any atom is -0.477 e. The minimum absolute atomic E-state index is 0.696. The highest BCUT2D eigenvalue weighted by atomic mass is 16.5. The topological polar surface area (TPSA) is 47.0 Å². The fourth-order valence-electron chi connectivity index (χ4n) is 1.45. The normalized spacial score (nSPS) is 10.2. The average molecular weight is 223 g/mol. The lowest BCUT2D eigenvalue weighted by Gasteiger charge is -2.10. The van der Waals surface area contributed by atoms with Crippen molar-refractivity contribution in [1.29, 1.82) is 0 Å². The number of nitrogens with one attached hydrogen (secondary N) is 1. The lowest BCUT2D eigenvalue weighted by atomic mass is 10.3. The molecule has 0 aliphatic rings. The van der Waals surface area contributed by atoms with Crippen LogP contribution in [0.4, 0.5) is 5.82 Å². The molecule has 0 saturated heterocycles. The monoisotopic (exact) mass is 223 g/mol. The molecule has 0 saturated carbocycles. The summed E-state index contributed by atoms with van der Waals surface area (Å²) in [6.07, 6.45) is 5.02. The minimum atomic E-state index is 0.696. The number of nitrogens with zero attached hydrogens (tertiary/aromatic N) is 2. The molecule has 0 unspecified atom stereocenters. The Morgan fingerprint density at radius 1 is 1.25 bits per heavy atom. The smallest absolute Gasteiger partial charge is 0.221 e. The van der Waals surface area contributed by atoms with Gasteiger partial charge in [-0.3, -0.25) is 0 Å². The molecule has 16 heavy (non-hydrogen) atoms. The number of aromatic nitrogens is 2. The number of hydrogen-bond donors (Lipinski definition) is 1. The summed E-state index contributed by atoms with van der Waals surface area (Å²) in [5, 5.41) is 3.19. The van der Waals surface area contributed by atoms with Gasteiger partial charge in [0.1, 0.15) is 12.1 Å². The highest BCUT2D eigenvalue weighted by Crippen LogP contribution is 2.20. The number of unbranched alkanes of at least 4 members (excludes halogenated alkanes) is 2. The van der Waals surface area contributed by atoms with Crippen molar-refractivity contribution in [2.75, 3.05) is 18.5 Å². The van der Waals surface area contributed by atoms with Crippen molar-refractivity contribution in [2.24, 2.45) is 0 Å². The van der Waals surface area contributed by atoms with Crippen LogP contribution in [-0.4, -0.2) is 23.1 Å². The lowest BCUT2D eigenvalue weighted by molar-refractivity contribution is 0.292. The Labute approximate surface area is 97.5 Å². The van der Waals surface area contributed by atoms with E-state index in [1.165, 1.54) is 12.8 Å². The van der Waals surface area contributed by atoms with Crippen LogP contribution in [0.15, 0.2) is 6.33 Å². The van der Waals surface area contributed by atoms with Gasteiger partial charge in [-0.1, -0.05) is 19.8 Å². The maximum atomic E-state index is 5.63. The van der Waals surface area contributed by atoms with Crippen LogP contribution in [0.25, 0.3) is 0 Å². The third-order valence-corrected chi connectivity index (χ3v) is 2.37. The highest BCUT2D eigenvalue weighted by molar-refractivity contribution is 5.47. The van der Waals surface area contributed by atoms with E-state index < -0.39 is 0 Å². The number of anilines is 1. The van der Waals surface area contributed by atoms with Crippen molar-refractivity contribution >= 4 is 5.82 Å². The SMILES string of the molecule is CCCCCOc1ncnc(NCC)c1C. The van der Waals surface area contributed by atoms with Crippen LogP contribution in [0, 0.1) is 6.92 Å². The highest BCUT2D eigenvalue weighted by Gasteiger charge is 2.06. The van der Waals surface area contributed by atoms with Gasteiger partial charge in [0.2, 0.25) is 5.88 Å². The zero-order valence-electron chi connectivity index (χ0n) is 10.4. The molecule has 4 heteroatoms. The van der Waals surface area contributed by atoms with E-state index in [4.69, 9.17) is 4.74 Å². The quantitative estimate of drug-likeness (QED) is 0.722. The zero-order valence-corrected chi connectivity index (χ0v) is 10.4. The van der Waals surface area contributed by atoms with Gasteiger partial charge in [0.05, 0.1) is 12.2 Å². The van der Waals surface area contributed by atoms with Crippen molar-refractivity contribution < 1.29 is 4.74 Å². The van der Waals surface area contributed by atoms with Crippen LogP contribution in [0.5, 0.6) is 5.88 Å². The number of rotatable bonds is 7. The molecule has 0 aliphatic carbocycles. The van der Waals surface area contributed by atoms with Crippen LogP contribution >= 0.6 is 0 Å². The molecule has 0 amide bonds. The van der Waals surface area contributed by atoms with Gasteiger partial charge in [-0.25, -0.2) is 9.97 Å². The van der Waals surface area contributed by atoms with Crippen molar-refractivity contribution in [2.45, 2.75) is 40.0 Å². The maximum Gasteiger partial charge on any atom is 0.221 e. The predicted octanol–water partition coefficient (Wildman–Crippen LogP) is 2.79. The third-order valence-electron chi connectivity index (χ3n) is 2.37. The zero-order chi connectivity index (χ0) is 11.8. The molecule has 4 nitrogen and oxygen atoms in total. The first-order chi connectivity index (χ1) is 7.79. The van der Waals surface area contributed by atoms with Gasteiger partial charge in [-0.2, -0.15) is 0 Å². The summed E-state index contributed by atoms with van der Waals surface area (Å²) in [6.45, 7) is 7.79. The van der Waals surface area contributed by atoms with Crippen LogP contribution < -0.4 is 10.1 Å². The largest absolute Gasteiger partial charge is 0.477 e. The van der Waals surface area contributed by atoms with Gasteiger partial charge in [0.25, 0.3) is 0 Å². The summed E-state index contributed by atoms with van der Waals surface area (Å²) < 4.78 is 5.63. The maximum absolute atomic E-state index is 5.63. The molecule has 0 spiro atoms. The van der Waals surface area contributed by atoms with E-state index in [1.807, 2.05) is 13.8 Å². The van der Waals surface area contributed by atoms with Crippen molar-refractivity contribution in [3.8, 4) is 5.88 Å². The number of ether oxygens (including phenoxy) is 1. The molecule has 0 aliphatic heterocycles. The standard InChI is InChI=1S/C12H21N3O/c1-4-6-7-8-16-12-10(3)11(13-5-2)14-9-15-12/h9H,4-8H2,1-3H3,(H,13,14,15). The first-order valence-electron chi connectivity index (χ1n) is 5.97. The molecule has 0 aromatic carbocycles. The Morgan fingerprint density at radius 3 is 2.75 bits per heavy atom. The molecule has 0 radical (unpaired) electrons. The molecule has 1 aromatic heterocycles. The molecular formula is C12H21N3O. The van der Waals surface area contributed by atoms with Crippen LogP contribution in [0.3, 0.4) is 0 Å². The van der Waals surface area contributed by atoms with Gasteiger partial charge in [-0.15, -0.1) is 0 Å². The second-order valence-corrected chi connectivity index (χ2v) is 3.74. The summed E-state index contributed by atoms with van der Waals surface area (Å²) in [7, 11) is 0. The molecule has 1 heterocycles. The van der Waals surface area contributed by atoms with Gasteiger partial charge in [0.15, 0.2) is 0 Å². The second-order valence-electron chi connectivity index (χ2n) is 3.74. The summed E-state index contributed by atoms with van der Waals surface area (Å²) >= 11 is 0. The molecule has 1 rings (SSSR count). The van der Waals surface area contributed by atoms with E-state index in [-0.39, 0.29) is 0 Å². The first kappa shape index (κ1) is 12.7. The molecule has 0 bridgehead atoms. The Balaban J connectivity index is 2.55. The molecule has 0 fully saturated rings. The van der Waals surface area contributed by atoms with E-state index in [9.17, 15) is 0 Å². The molecule has 0 atom stereocenters. The first-order valence-corrected chi connectivity index (χ1v) is 5.97. The van der Waals surface area contributed by atoms with E-state index in [2.05, 4.69) is 22.2 Å². The Kier molecular flexibility index (Phi) is 5.61. The summed E-state index contributed by atoms with van der Waals surface area (Å²) in [6, 6.07) is 0. The lowest BCUT2D eigenvalue weighted by Crippen LogP contribution is -2.06. The van der Waals surface area contributed by atoms with Crippen molar-refractivity contribution in [3.05, 3.63) is 11.9 Å². The predicted molar refractivity (Wildman–Crippen MR) is 66.0 cm³/mol. The summed E-state index contributed by atoms with van der Waals surface area (Å²) in [5.74, 6) is 1.56. The fraction of sp³-hybridized carbons (Fsp3) is 0.667.